The second-order valence-corrected chi connectivity index (χ2v) is 6.60. The largest absolute Gasteiger partial charge is 0.424 e. The number of fused-ring (bicyclic) bond motifs is 1. The van der Waals surface area contributed by atoms with Crippen LogP contribution in [0.25, 0.3) is 11.0 Å². The molecule has 0 saturated carbocycles. The summed E-state index contributed by atoms with van der Waals surface area (Å²) in [7, 11) is 0. The maximum absolute atomic E-state index is 13.4. The van der Waals surface area contributed by atoms with Gasteiger partial charge in [-0.15, -0.1) is 10.2 Å². The molecule has 0 aliphatic carbocycles. The van der Waals surface area contributed by atoms with Crippen LogP contribution in [-0.4, -0.2) is 31.6 Å². The van der Waals surface area contributed by atoms with Gasteiger partial charge in [0.2, 0.25) is 11.8 Å². The van der Waals surface area contributed by atoms with E-state index in [0.29, 0.717) is 18.3 Å². The fourth-order valence-electron chi connectivity index (χ4n) is 3.22. The summed E-state index contributed by atoms with van der Waals surface area (Å²) in [5.74, 6) is 2.14. The SMILES string of the molecule is CC(C)c1nnc(CN2CCC[C@H]2c2nc3ccc(F)cc3[nH]2)o1. The molecule has 0 amide bonds. The number of benzene rings is 1. The van der Waals surface area contributed by atoms with Crippen LogP contribution in [0.15, 0.2) is 22.6 Å². The molecule has 0 bridgehead atoms. The van der Waals surface area contributed by atoms with Crippen molar-refractivity contribution in [3.05, 3.63) is 41.6 Å². The van der Waals surface area contributed by atoms with Gasteiger partial charge in [0.25, 0.3) is 0 Å². The van der Waals surface area contributed by atoms with E-state index in [-0.39, 0.29) is 17.8 Å². The molecule has 1 aliphatic rings. The number of nitrogens with one attached hydrogen (secondary N) is 1. The lowest BCUT2D eigenvalue weighted by molar-refractivity contribution is 0.215. The minimum absolute atomic E-state index is 0.162. The zero-order valence-corrected chi connectivity index (χ0v) is 13.8. The fraction of sp³-hybridized carbons (Fsp3) is 0.471. The Morgan fingerprint density at radius 3 is 3.04 bits per heavy atom. The molecule has 0 spiro atoms. The minimum atomic E-state index is -0.256. The molecule has 1 aliphatic heterocycles. The van der Waals surface area contributed by atoms with Crippen molar-refractivity contribution in [3.63, 3.8) is 0 Å². The first kappa shape index (κ1) is 15.3. The fourth-order valence-corrected chi connectivity index (χ4v) is 3.22. The summed E-state index contributed by atoms with van der Waals surface area (Å²) in [6.45, 7) is 5.62. The molecule has 6 nitrogen and oxygen atoms in total. The Hall–Kier alpha value is -2.28. The van der Waals surface area contributed by atoms with E-state index in [9.17, 15) is 4.39 Å². The molecular formula is C17H20FN5O. The summed E-state index contributed by atoms with van der Waals surface area (Å²) < 4.78 is 19.1. The molecule has 1 atom stereocenters. The molecule has 2 aromatic heterocycles. The van der Waals surface area contributed by atoms with Gasteiger partial charge in [0.05, 0.1) is 23.6 Å². The maximum atomic E-state index is 13.4. The third-order valence-electron chi connectivity index (χ3n) is 4.46. The third-order valence-corrected chi connectivity index (χ3v) is 4.46. The lowest BCUT2D eigenvalue weighted by atomic mass is 10.2. The van der Waals surface area contributed by atoms with E-state index in [1.165, 1.54) is 12.1 Å². The summed E-state index contributed by atoms with van der Waals surface area (Å²) in [6.07, 6.45) is 2.09. The van der Waals surface area contributed by atoms with E-state index in [1.54, 1.807) is 6.07 Å². The number of imidazole rings is 1. The normalized spacial score (nSPS) is 18.9. The maximum Gasteiger partial charge on any atom is 0.230 e. The molecule has 1 saturated heterocycles. The molecule has 24 heavy (non-hydrogen) atoms. The zero-order valence-electron chi connectivity index (χ0n) is 13.8. The van der Waals surface area contributed by atoms with Crippen molar-refractivity contribution in [2.24, 2.45) is 0 Å². The lowest BCUT2D eigenvalue weighted by Crippen LogP contribution is -2.23. The quantitative estimate of drug-likeness (QED) is 0.792. The highest BCUT2D eigenvalue weighted by Crippen LogP contribution is 2.32. The summed E-state index contributed by atoms with van der Waals surface area (Å²) in [5.41, 5.74) is 1.52. The van der Waals surface area contributed by atoms with Gasteiger partial charge < -0.3 is 9.40 Å². The minimum Gasteiger partial charge on any atom is -0.424 e. The molecule has 7 heteroatoms. The van der Waals surface area contributed by atoms with Crippen LogP contribution in [0, 0.1) is 5.82 Å². The molecule has 4 rings (SSSR count). The van der Waals surface area contributed by atoms with Gasteiger partial charge in [-0.25, -0.2) is 9.37 Å². The van der Waals surface area contributed by atoms with Gasteiger partial charge in [0.15, 0.2) is 0 Å². The van der Waals surface area contributed by atoms with Gasteiger partial charge in [0.1, 0.15) is 11.6 Å². The van der Waals surface area contributed by atoms with Crippen LogP contribution >= 0.6 is 0 Å². The zero-order chi connectivity index (χ0) is 16.7. The van der Waals surface area contributed by atoms with Crippen molar-refractivity contribution in [2.45, 2.75) is 45.2 Å². The van der Waals surface area contributed by atoms with Crippen LogP contribution in [0.5, 0.6) is 0 Å². The Balaban J connectivity index is 1.56. The highest BCUT2D eigenvalue weighted by Gasteiger charge is 2.30. The third kappa shape index (κ3) is 2.80. The molecule has 3 aromatic rings. The Kier molecular flexibility index (Phi) is 3.80. The highest BCUT2D eigenvalue weighted by atomic mass is 19.1. The van der Waals surface area contributed by atoms with E-state index in [0.717, 1.165) is 36.2 Å². The predicted octanol–water partition coefficient (Wildman–Crippen LogP) is 3.55. The van der Waals surface area contributed by atoms with Gasteiger partial charge in [0, 0.05) is 5.92 Å². The molecule has 0 unspecified atom stereocenters. The topological polar surface area (TPSA) is 70.8 Å². The number of aromatic nitrogens is 4. The summed E-state index contributed by atoms with van der Waals surface area (Å²) >= 11 is 0. The number of likely N-dealkylation sites (tertiary alicyclic amines) is 1. The molecule has 1 aromatic carbocycles. The molecule has 3 heterocycles. The van der Waals surface area contributed by atoms with Crippen molar-refractivity contribution in [1.82, 2.24) is 25.1 Å². The molecule has 1 fully saturated rings. The molecule has 0 radical (unpaired) electrons. The second-order valence-electron chi connectivity index (χ2n) is 6.60. The van der Waals surface area contributed by atoms with E-state index < -0.39 is 0 Å². The van der Waals surface area contributed by atoms with Gasteiger partial charge >= 0.3 is 0 Å². The van der Waals surface area contributed by atoms with Gasteiger partial charge in [-0.1, -0.05) is 13.8 Å². The van der Waals surface area contributed by atoms with Gasteiger partial charge in [-0.05, 0) is 37.6 Å². The summed E-state index contributed by atoms with van der Waals surface area (Å²) in [5, 5.41) is 8.24. The first-order valence-electron chi connectivity index (χ1n) is 8.31. The number of hydrogen-bond donors (Lipinski definition) is 1. The number of halogens is 1. The van der Waals surface area contributed by atoms with Crippen LogP contribution < -0.4 is 0 Å². The number of hydrogen-bond acceptors (Lipinski definition) is 5. The Bertz CT molecular complexity index is 856. The van der Waals surface area contributed by atoms with Crippen molar-refractivity contribution < 1.29 is 8.81 Å². The first-order chi connectivity index (χ1) is 11.6. The van der Waals surface area contributed by atoms with E-state index in [2.05, 4.69) is 25.1 Å². The monoisotopic (exact) mass is 329 g/mol. The lowest BCUT2D eigenvalue weighted by Gasteiger charge is -2.20. The van der Waals surface area contributed by atoms with Crippen molar-refractivity contribution in [2.75, 3.05) is 6.54 Å². The van der Waals surface area contributed by atoms with E-state index in [4.69, 9.17) is 4.42 Å². The predicted molar refractivity (Wildman–Crippen MR) is 86.8 cm³/mol. The summed E-state index contributed by atoms with van der Waals surface area (Å²) in [6, 6.07) is 4.79. The van der Waals surface area contributed by atoms with Crippen LogP contribution in [0.3, 0.4) is 0 Å². The Morgan fingerprint density at radius 1 is 1.38 bits per heavy atom. The van der Waals surface area contributed by atoms with Crippen LogP contribution in [0.1, 0.15) is 56.3 Å². The number of nitrogens with zero attached hydrogens (tertiary/aromatic N) is 4. The standard InChI is InChI=1S/C17H20FN5O/c1-10(2)17-22-21-15(24-17)9-23-7-3-4-14(23)16-19-12-6-5-11(18)8-13(12)20-16/h5-6,8,10,14H,3-4,7,9H2,1-2H3,(H,19,20)/t14-/m0/s1. The Morgan fingerprint density at radius 2 is 2.25 bits per heavy atom. The van der Waals surface area contributed by atoms with Crippen LogP contribution in [-0.2, 0) is 6.54 Å². The molecule has 126 valence electrons. The van der Waals surface area contributed by atoms with Gasteiger partial charge in [-0.2, -0.15) is 0 Å². The van der Waals surface area contributed by atoms with Crippen molar-refractivity contribution in [3.8, 4) is 0 Å². The van der Waals surface area contributed by atoms with Crippen molar-refractivity contribution in [1.29, 1.82) is 0 Å². The van der Waals surface area contributed by atoms with E-state index >= 15 is 0 Å². The number of rotatable bonds is 4. The van der Waals surface area contributed by atoms with Crippen molar-refractivity contribution >= 4 is 11.0 Å². The number of aromatic amines is 1. The number of H-pyrrole nitrogens is 1. The van der Waals surface area contributed by atoms with Gasteiger partial charge in [-0.3, -0.25) is 4.90 Å². The molecular weight excluding hydrogens is 309 g/mol. The average Bonchev–Trinajstić information content (AvgIpc) is 3.25. The van der Waals surface area contributed by atoms with Crippen LogP contribution in [0.4, 0.5) is 4.39 Å². The van der Waals surface area contributed by atoms with E-state index in [1.807, 2.05) is 13.8 Å². The second kappa shape index (κ2) is 5.98. The smallest absolute Gasteiger partial charge is 0.230 e. The van der Waals surface area contributed by atoms with Crippen LogP contribution in [0.2, 0.25) is 0 Å². The average molecular weight is 329 g/mol. The highest BCUT2D eigenvalue weighted by molar-refractivity contribution is 5.75. The molecule has 1 N–H and O–H groups in total. The Labute approximate surface area is 139 Å². The first-order valence-corrected chi connectivity index (χ1v) is 8.31. The summed E-state index contributed by atoms with van der Waals surface area (Å²) in [4.78, 5) is 10.2.